The number of para-hydroxylation sites is 1. The van der Waals surface area contributed by atoms with E-state index in [4.69, 9.17) is 16.3 Å². The van der Waals surface area contributed by atoms with E-state index in [1.807, 2.05) is 24.3 Å². The molecular formula is C20H20ClNO3S. The second-order valence-corrected chi connectivity index (χ2v) is 8.13. The third-order valence-electron chi connectivity index (χ3n) is 4.22. The first-order chi connectivity index (χ1) is 12.5. The summed E-state index contributed by atoms with van der Waals surface area (Å²) in [5.41, 5.74) is 1.30. The highest BCUT2D eigenvalue weighted by Gasteiger charge is 2.24. The van der Waals surface area contributed by atoms with E-state index >= 15 is 0 Å². The minimum Gasteiger partial charge on any atom is -0.483 e. The number of nitrogens with zero attached hydrogens (tertiary/aromatic N) is 1. The van der Waals surface area contributed by atoms with Gasteiger partial charge in [-0.05, 0) is 43.7 Å². The molecule has 0 N–H and O–H groups in total. The maximum absolute atomic E-state index is 12.8. The van der Waals surface area contributed by atoms with Gasteiger partial charge in [-0.2, -0.15) is 0 Å². The van der Waals surface area contributed by atoms with Crippen molar-refractivity contribution in [3.8, 4) is 5.75 Å². The predicted molar refractivity (Wildman–Crippen MR) is 106 cm³/mol. The molecule has 0 spiro atoms. The molecule has 0 unspecified atom stereocenters. The lowest BCUT2D eigenvalue weighted by Gasteiger charge is -2.22. The number of rotatable bonds is 4. The normalized spacial score (nSPS) is 16.6. The zero-order valence-corrected chi connectivity index (χ0v) is 16.3. The number of thioether (sulfide) groups is 1. The van der Waals surface area contributed by atoms with Crippen molar-refractivity contribution in [2.45, 2.75) is 30.4 Å². The molecular weight excluding hydrogens is 370 g/mol. The Bertz CT molecular complexity index is 840. The van der Waals surface area contributed by atoms with Gasteiger partial charge >= 0.3 is 0 Å². The van der Waals surface area contributed by atoms with Gasteiger partial charge < -0.3 is 9.64 Å². The summed E-state index contributed by atoms with van der Waals surface area (Å²) in [6.07, 6.45) is 0.907. The first kappa shape index (κ1) is 18.8. The van der Waals surface area contributed by atoms with Crippen LogP contribution in [0.4, 0.5) is 5.69 Å². The van der Waals surface area contributed by atoms with Crippen LogP contribution in [0.2, 0.25) is 5.02 Å². The Hall–Kier alpha value is -1.98. The van der Waals surface area contributed by atoms with E-state index in [-0.39, 0.29) is 18.3 Å². The van der Waals surface area contributed by atoms with Crippen molar-refractivity contribution in [1.29, 1.82) is 0 Å². The van der Waals surface area contributed by atoms with Crippen LogP contribution in [0.15, 0.2) is 47.4 Å². The number of hydrogen-bond donors (Lipinski definition) is 0. The molecule has 1 atom stereocenters. The summed E-state index contributed by atoms with van der Waals surface area (Å²) in [6, 6.07) is 12.7. The Morgan fingerprint density at radius 2 is 2.04 bits per heavy atom. The number of carbonyl (C=O) groups is 2. The molecule has 0 aromatic heterocycles. The van der Waals surface area contributed by atoms with Crippen LogP contribution >= 0.6 is 23.4 Å². The molecule has 26 heavy (non-hydrogen) atoms. The molecule has 1 amide bonds. The Labute approximate surface area is 162 Å². The number of Topliss-reactive ketones (excluding diaryl/α,β-unsaturated/α-hetero) is 1. The van der Waals surface area contributed by atoms with Gasteiger partial charge in [0.2, 0.25) is 0 Å². The maximum Gasteiger partial charge on any atom is 0.264 e. The largest absolute Gasteiger partial charge is 0.483 e. The van der Waals surface area contributed by atoms with Crippen LogP contribution in [0, 0.1) is 0 Å². The molecule has 0 saturated heterocycles. The summed E-state index contributed by atoms with van der Waals surface area (Å²) in [4.78, 5) is 27.5. The SMILES string of the molecule is CC(=O)c1cc(Cl)ccc1OCC(=O)N1CC[C@H](C)Sc2ccccc21. The molecule has 0 aliphatic carbocycles. The van der Waals surface area contributed by atoms with E-state index in [1.54, 1.807) is 34.9 Å². The molecule has 3 rings (SSSR count). The third kappa shape index (κ3) is 4.22. The van der Waals surface area contributed by atoms with Crippen LogP contribution in [0.1, 0.15) is 30.6 Å². The average Bonchev–Trinajstić information content (AvgIpc) is 2.78. The van der Waals surface area contributed by atoms with Crippen LogP contribution in [0.3, 0.4) is 0 Å². The fourth-order valence-corrected chi connectivity index (χ4v) is 4.15. The molecule has 1 aliphatic heterocycles. The molecule has 0 radical (unpaired) electrons. The molecule has 2 aromatic carbocycles. The fraction of sp³-hybridized carbons (Fsp3) is 0.300. The van der Waals surface area contributed by atoms with Crippen molar-refractivity contribution < 1.29 is 14.3 Å². The molecule has 6 heteroatoms. The zero-order chi connectivity index (χ0) is 18.7. The third-order valence-corrected chi connectivity index (χ3v) is 5.69. The minimum absolute atomic E-state index is 0.128. The Balaban J connectivity index is 1.78. The lowest BCUT2D eigenvalue weighted by molar-refractivity contribution is -0.120. The summed E-state index contributed by atoms with van der Waals surface area (Å²) < 4.78 is 5.67. The van der Waals surface area contributed by atoms with Gasteiger partial charge in [0.1, 0.15) is 5.75 Å². The molecule has 0 bridgehead atoms. The van der Waals surface area contributed by atoms with Crippen molar-refractivity contribution in [3.05, 3.63) is 53.1 Å². The predicted octanol–water partition coefficient (Wildman–Crippen LogP) is 4.84. The number of fused-ring (bicyclic) bond motifs is 1. The monoisotopic (exact) mass is 389 g/mol. The number of ketones is 1. The van der Waals surface area contributed by atoms with Gasteiger partial charge in [-0.3, -0.25) is 9.59 Å². The van der Waals surface area contributed by atoms with Crippen molar-refractivity contribution in [2.75, 3.05) is 18.1 Å². The van der Waals surface area contributed by atoms with Crippen LogP contribution in [-0.2, 0) is 4.79 Å². The lowest BCUT2D eigenvalue weighted by Crippen LogP contribution is -2.36. The van der Waals surface area contributed by atoms with Crippen LogP contribution in [-0.4, -0.2) is 30.1 Å². The van der Waals surface area contributed by atoms with E-state index in [2.05, 4.69) is 6.92 Å². The topological polar surface area (TPSA) is 46.6 Å². The highest BCUT2D eigenvalue weighted by molar-refractivity contribution is 8.00. The minimum atomic E-state index is -0.153. The summed E-state index contributed by atoms with van der Waals surface area (Å²) >= 11 is 7.73. The van der Waals surface area contributed by atoms with Gasteiger partial charge in [-0.25, -0.2) is 0 Å². The average molecular weight is 390 g/mol. The van der Waals surface area contributed by atoms with E-state index in [0.29, 0.717) is 28.1 Å². The zero-order valence-electron chi connectivity index (χ0n) is 14.7. The number of amides is 1. The number of benzene rings is 2. The van der Waals surface area contributed by atoms with Gasteiger partial charge in [-0.1, -0.05) is 30.7 Å². The molecule has 1 aliphatic rings. The van der Waals surface area contributed by atoms with Gasteiger partial charge in [-0.15, -0.1) is 11.8 Å². The molecule has 0 fully saturated rings. The van der Waals surface area contributed by atoms with Crippen LogP contribution < -0.4 is 9.64 Å². The molecule has 1 heterocycles. The first-order valence-corrected chi connectivity index (χ1v) is 9.71. The quantitative estimate of drug-likeness (QED) is 0.702. The van der Waals surface area contributed by atoms with Crippen molar-refractivity contribution >= 4 is 40.7 Å². The molecule has 136 valence electrons. The Kier molecular flexibility index (Phi) is 5.89. The number of ether oxygens (including phenoxy) is 1. The smallest absolute Gasteiger partial charge is 0.264 e. The number of carbonyl (C=O) groups excluding carboxylic acids is 2. The summed E-state index contributed by atoms with van der Waals surface area (Å²) in [5.74, 6) is 0.0954. The van der Waals surface area contributed by atoms with Gasteiger partial charge in [0.05, 0.1) is 11.3 Å². The number of anilines is 1. The highest BCUT2D eigenvalue weighted by Crippen LogP contribution is 2.37. The summed E-state index contributed by atoms with van der Waals surface area (Å²) in [7, 11) is 0. The van der Waals surface area contributed by atoms with Crippen molar-refractivity contribution in [1.82, 2.24) is 0 Å². The molecule has 4 nitrogen and oxygen atoms in total. The fourth-order valence-electron chi connectivity index (χ4n) is 2.87. The number of halogens is 1. The van der Waals surface area contributed by atoms with Crippen molar-refractivity contribution in [2.24, 2.45) is 0 Å². The van der Waals surface area contributed by atoms with Crippen molar-refractivity contribution in [3.63, 3.8) is 0 Å². The molecule has 2 aromatic rings. The standard InChI is InChI=1S/C20H20ClNO3S/c1-13-9-10-22(17-5-3-4-6-19(17)26-13)20(24)12-25-18-8-7-15(21)11-16(18)14(2)23/h3-8,11,13H,9-10,12H2,1-2H3/t13-/m0/s1. The molecule has 0 saturated carbocycles. The Morgan fingerprint density at radius 1 is 1.27 bits per heavy atom. The Morgan fingerprint density at radius 3 is 2.81 bits per heavy atom. The van der Waals surface area contributed by atoms with E-state index in [0.717, 1.165) is 17.0 Å². The second kappa shape index (κ2) is 8.14. The van der Waals surface area contributed by atoms with Gasteiger partial charge in [0.25, 0.3) is 5.91 Å². The second-order valence-electron chi connectivity index (χ2n) is 6.22. The van der Waals surface area contributed by atoms with Crippen LogP contribution in [0.25, 0.3) is 0 Å². The van der Waals surface area contributed by atoms with E-state index in [1.165, 1.54) is 6.92 Å². The van der Waals surface area contributed by atoms with Gasteiger partial charge in [0.15, 0.2) is 12.4 Å². The lowest BCUT2D eigenvalue weighted by atomic mass is 10.1. The summed E-state index contributed by atoms with van der Waals surface area (Å²) in [6.45, 7) is 4.13. The first-order valence-electron chi connectivity index (χ1n) is 8.45. The summed E-state index contributed by atoms with van der Waals surface area (Å²) in [5, 5.41) is 0.900. The van der Waals surface area contributed by atoms with E-state index < -0.39 is 0 Å². The van der Waals surface area contributed by atoms with Gasteiger partial charge in [0, 0.05) is 21.7 Å². The highest BCUT2D eigenvalue weighted by atomic mass is 35.5. The van der Waals surface area contributed by atoms with Crippen LogP contribution in [0.5, 0.6) is 5.75 Å². The van der Waals surface area contributed by atoms with E-state index in [9.17, 15) is 9.59 Å². The number of hydrogen-bond acceptors (Lipinski definition) is 4. The maximum atomic E-state index is 12.8.